The van der Waals surface area contributed by atoms with Crippen molar-refractivity contribution in [2.75, 3.05) is 39.8 Å². The molecule has 0 saturated carbocycles. The van der Waals surface area contributed by atoms with Crippen LogP contribution < -0.4 is 0 Å². The zero-order valence-corrected chi connectivity index (χ0v) is 10.7. The van der Waals surface area contributed by atoms with Gasteiger partial charge in [-0.25, -0.2) is 4.79 Å². The first-order chi connectivity index (χ1) is 7.50. The average Bonchev–Trinajstić information content (AvgIpc) is 2.58. The van der Waals surface area contributed by atoms with Crippen molar-refractivity contribution in [1.29, 1.82) is 0 Å². The van der Waals surface area contributed by atoms with E-state index in [1.807, 2.05) is 4.90 Å². The maximum absolute atomic E-state index is 12.4. The van der Waals surface area contributed by atoms with Gasteiger partial charge in [0.2, 0.25) is 0 Å². The van der Waals surface area contributed by atoms with Gasteiger partial charge in [0, 0.05) is 38.3 Å². The van der Waals surface area contributed by atoms with E-state index in [0.29, 0.717) is 0 Å². The zero-order valence-electron chi connectivity index (χ0n) is 10.7. The zero-order chi connectivity index (χ0) is 11.8. The van der Waals surface area contributed by atoms with Gasteiger partial charge in [0.05, 0.1) is 0 Å². The summed E-state index contributed by atoms with van der Waals surface area (Å²) in [6, 6.07) is 0.246. The fourth-order valence-corrected chi connectivity index (χ4v) is 2.63. The second-order valence-corrected chi connectivity index (χ2v) is 5.64. The van der Waals surface area contributed by atoms with E-state index in [-0.39, 0.29) is 11.6 Å². The van der Waals surface area contributed by atoms with Crippen molar-refractivity contribution < 1.29 is 4.79 Å². The Balaban J connectivity index is 1.97. The van der Waals surface area contributed by atoms with Crippen molar-refractivity contribution >= 4 is 6.03 Å². The second kappa shape index (κ2) is 4.24. The number of urea groups is 1. The molecular weight excluding hydrogens is 202 g/mol. The van der Waals surface area contributed by atoms with Gasteiger partial charge in [0.25, 0.3) is 0 Å². The van der Waals surface area contributed by atoms with Crippen LogP contribution >= 0.6 is 0 Å². The molecule has 0 atom stereocenters. The van der Waals surface area contributed by atoms with E-state index in [2.05, 4.69) is 30.7 Å². The fraction of sp³-hybridized carbons (Fsp3) is 0.917. The van der Waals surface area contributed by atoms with Gasteiger partial charge in [-0.05, 0) is 33.7 Å². The summed E-state index contributed by atoms with van der Waals surface area (Å²) < 4.78 is 0. The minimum atomic E-state index is 0.0560. The largest absolute Gasteiger partial charge is 0.322 e. The van der Waals surface area contributed by atoms with Crippen LogP contribution in [-0.2, 0) is 0 Å². The molecule has 2 aliphatic heterocycles. The van der Waals surface area contributed by atoms with E-state index in [9.17, 15) is 4.79 Å². The number of hydrogen-bond acceptors (Lipinski definition) is 2. The predicted molar refractivity (Wildman–Crippen MR) is 64.5 cm³/mol. The lowest BCUT2D eigenvalue weighted by Crippen LogP contribution is -2.55. The lowest BCUT2D eigenvalue weighted by Gasteiger charge is -2.39. The van der Waals surface area contributed by atoms with Crippen LogP contribution in [0.2, 0.25) is 0 Å². The van der Waals surface area contributed by atoms with E-state index >= 15 is 0 Å². The Kier molecular flexibility index (Phi) is 3.10. The third-order valence-corrected chi connectivity index (χ3v) is 3.91. The van der Waals surface area contributed by atoms with Crippen LogP contribution in [0, 0.1) is 0 Å². The van der Waals surface area contributed by atoms with E-state index < -0.39 is 0 Å². The maximum Gasteiger partial charge on any atom is 0.320 e. The number of likely N-dealkylation sites (N-methyl/N-ethyl adjacent to an activating group) is 1. The summed E-state index contributed by atoms with van der Waals surface area (Å²) >= 11 is 0. The quantitative estimate of drug-likeness (QED) is 0.620. The summed E-state index contributed by atoms with van der Waals surface area (Å²) in [5.74, 6) is 0. The number of hydrogen-bond donors (Lipinski definition) is 0. The summed E-state index contributed by atoms with van der Waals surface area (Å²) in [6.45, 7) is 9.03. The predicted octanol–water partition coefficient (Wildman–Crippen LogP) is 1.23. The smallest absolute Gasteiger partial charge is 0.320 e. The fourth-order valence-electron chi connectivity index (χ4n) is 2.63. The van der Waals surface area contributed by atoms with Crippen LogP contribution in [0.1, 0.15) is 26.7 Å². The number of amides is 2. The molecule has 0 N–H and O–H groups in total. The molecule has 0 aliphatic carbocycles. The molecule has 2 fully saturated rings. The summed E-state index contributed by atoms with van der Waals surface area (Å²) in [5.41, 5.74) is 0.0560. The van der Waals surface area contributed by atoms with Crippen molar-refractivity contribution in [3.05, 3.63) is 0 Å². The molecule has 2 heterocycles. The second-order valence-electron chi connectivity index (χ2n) is 5.64. The number of likely N-dealkylation sites (tertiary alicyclic amines) is 1. The normalized spacial score (nSPS) is 26.2. The van der Waals surface area contributed by atoms with Crippen molar-refractivity contribution in [2.45, 2.75) is 32.2 Å². The Morgan fingerprint density at radius 2 is 1.69 bits per heavy atom. The highest BCUT2D eigenvalue weighted by atomic mass is 16.2. The third-order valence-electron chi connectivity index (χ3n) is 3.91. The lowest BCUT2D eigenvalue weighted by atomic mass is 10.0. The van der Waals surface area contributed by atoms with Gasteiger partial charge in [-0.1, -0.05) is 0 Å². The molecule has 4 heteroatoms. The molecule has 0 aromatic heterocycles. The highest BCUT2D eigenvalue weighted by Gasteiger charge is 2.37. The Morgan fingerprint density at radius 1 is 1.06 bits per heavy atom. The van der Waals surface area contributed by atoms with Crippen LogP contribution in [0.15, 0.2) is 0 Å². The molecule has 0 unspecified atom stereocenters. The van der Waals surface area contributed by atoms with Gasteiger partial charge in [-0.2, -0.15) is 0 Å². The molecule has 0 radical (unpaired) electrons. The van der Waals surface area contributed by atoms with Gasteiger partial charge in [0.15, 0.2) is 0 Å². The van der Waals surface area contributed by atoms with E-state index in [1.54, 1.807) is 0 Å². The molecule has 0 aromatic carbocycles. The molecule has 0 aromatic rings. The molecule has 92 valence electrons. The van der Waals surface area contributed by atoms with Gasteiger partial charge in [0.1, 0.15) is 0 Å². The minimum Gasteiger partial charge on any atom is -0.322 e. The molecule has 2 amide bonds. The highest BCUT2D eigenvalue weighted by Crippen LogP contribution is 2.29. The molecule has 16 heavy (non-hydrogen) atoms. The Hall–Kier alpha value is -0.770. The van der Waals surface area contributed by atoms with E-state index in [4.69, 9.17) is 0 Å². The van der Waals surface area contributed by atoms with Crippen LogP contribution in [0.3, 0.4) is 0 Å². The van der Waals surface area contributed by atoms with Gasteiger partial charge in [-0.15, -0.1) is 0 Å². The topological polar surface area (TPSA) is 26.8 Å². The number of carbonyl (C=O) groups is 1. The van der Waals surface area contributed by atoms with Gasteiger partial charge >= 0.3 is 6.03 Å². The summed E-state index contributed by atoms with van der Waals surface area (Å²) in [4.78, 5) is 18.7. The van der Waals surface area contributed by atoms with Gasteiger partial charge in [-0.3, -0.25) is 0 Å². The first-order valence-corrected chi connectivity index (χ1v) is 6.26. The molecule has 2 saturated heterocycles. The first kappa shape index (κ1) is 11.7. The maximum atomic E-state index is 12.4. The summed E-state index contributed by atoms with van der Waals surface area (Å²) in [5, 5.41) is 0. The molecule has 0 bridgehead atoms. The SMILES string of the molecule is CN1CCN(C(=O)N2CCCC2(C)C)CC1. The van der Waals surface area contributed by atoms with Crippen molar-refractivity contribution in [2.24, 2.45) is 0 Å². The summed E-state index contributed by atoms with van der Waals surface area (Å²) in [7, 11) is 2.11. The third kappa shape index (κ3) is 2.17. The Morgan fingerprint density at radius 3 is 2.19 bits per heavy atom. The monoisotopic (exact) mass is 225 g/mol. The highest BCUT2D eigenvalue weighted by molar-refractivity contribution is 5.75. The van der Waals surface area contributed by atoms with Crippen molar-refractivity contribution in [1.82, 2.24) is 14.7 Å². The number of rotatable bonds is 0. The number of carbonyl (C=O) groups excluding carboxylic acids is 1. The Bertz CT molecular complexity index is 269. The van der Waals surface area contributed by atoms with Crippen LogP contribution in [0.5, 0.6) is 0 Å². The molecule has 0 spiro atoms. The number of piperazine rings is 1. The van der Waals surface area contributed by atoms with Gasteiger partial charge < -0.3 is 14.7 Å². The minimum absolute atomic E-state index is 0.0560. The standard InChI is InChI=1S/C12H23N3O/c1-12(2)5-4-6-15(12)11(16)14-9-7-13(3)8-10-14/h4-10H2,1-3H3. The van der Waals surface area contributed by atoms with Crippen LogP contribution in [0.4, 0.5) is 4.79 Å². The molecule has 2 rings (SSSR count). The van der Waals surface area contributed by atoms with E-state index in [1.165, 1.54) is 0 Å². The lowest BCUT2D eigenvalue weighted by molar-refractivity contribution is 0.103. The van der Waals surface area contributed by atoms with Crippen molar-refractivity contribution in [3.63, 3.8) is 0 Å². The summed E-state index contributed by atoms with van der Waals surface area (Å²) in [6.07, 6.45) is 2.28. The van der Waals surface area contributed by atoms with E-state index in [0.717, 1.165) is 45.6 Å². The molecule has 4 nitrogen and oxygen atoms in total. The van der Waals surface area contributed by atoms with Crippen molar-refractivity contribution in [3.8, 4) is 0 Å². The average molecular weight is 225 g/mol. The van der Waals surface area contributed by atoms with Crippen LogP contribution in [0.25, 0.3) is 0 Å². The molecule has 2 aliphatic rings. The molecular formula is C12H23N3O. The van der Waals surface area contributed by atoms with Crippen LogP contribution in [-0.4, -0.2) is 66.0 Å². The first-order valence-electron chi connectivity index (χ1n) is 6.26. The number of nitrogens with zero attached hydrogens (tertiary/aromatic N) is 3. The Labute approximate surface area is 98.2 Å².